The van der Waals surface area contributed by atoms with E-state index in [0.29, 0.717) is 22.4 Å². The highest BCUT2D eigenvalue weighted by Crippen LogP contribution is 2.37. The lowest BCUT2D eigenvalue weighted by Gasteiger charge is -2.34. The quantitative estimate of drug-likeness (QED) is 0.572. The van der Waals surface area contributed by atoms with Crippen molar-refractivity contribution in [2.24, 2.45) is 0 Å². The van der Waals surface area contributed by atoms with Crippen LogP contribution in [0.15, 0.2) is 59.8 Å². The van der Waals surface area contributed by atoms with Gasteiger partial charge < -0.3 is 15.0 Å². The average Bonchev–Trinajstić information content (AvgIpc) is 2.82. The molecule has 1 N–H and O–H groups in total. The van der Waals surface area contributed by atoms with Gasteiger partial charge in [-0.25, -0.2) is 9.18 Å². The molecule has 1 heterocycles. The minimum Gasteiger partial charge on any atom is -0.463 e. The Balaban J connectivity index is 1.88. The Bertz CT molecular complexity index is 1080. The Morgan fingerprint density at radius 1 is 1.12 bits per heavy atom. The number of esters is 1. The van der Waals surface area contributed by atoms with E-state index >= 15 is 0 Å². The van der Waals surface area contributed by atoms with E-state index in [0.717, 1.165) is 12.0 Å². The summed E-state index contributed by atoms with van der Waals surface area (Å²) in [6, 6.07) is 13.0. The lowest BCUT2D eigenvalue weighted by atomic mass is 9.83. The summed E-state index contributed by atoms with van der Waals surface area (Å²) in [6.45, 7) is 7.88. The molecule has 34 heavy (non-hydrogen) atoms. The monoisotopic (exact) mass is 466 g/mol. The highest BCUT2D eigenvalue weighted by atomic mass is 19.1. The van der Waals surface area contributed by atoms with Crippen molar-refractivity contribution in [1.82, 2.24) is 10.2 Å². The van der Waals surface area contributed by atoms with Crippen LogP contribution in [-0.4, -0.2) is 35.3 Å². The third-order valence-electron chi connectivity index (χ3n) is 6.14. The van der Waals surface area contributed by atoms with Crippen molar-refractivity contribution in [1.29, 1.82) is 0 Å². The summed E-state index contributed by atoms with van der Waals surface area (Å²) in [5, 5.41) is 2.93. The number of hydrogen-bond donors (Lipinski definition) is 1. The highest BCUT2D eigenvalue weighted by molar-refractivity contribution is 5.96. The minimum atomic E-state index is -0.505. The summed E-state index contributed by atoms with van der Waals surface area (Å²) < 4.78 is 18.7. The molecule has 0 aliphatic carbocycles. The van der Waals surface area contributed by atoms with E-state index in [1.54, 1.807) is 43.0 Å². The molecule has 0 bridgehead atoms. The van der Waals surface area contributed by atoms with Crippen LogP contribution in [0.5, 0.6) is 0 Å². The second kappa shape index (κ2) is 11.1. The molecule has 180 valence electrons. The molecule has 7 heteroatoms. The van der Waals surface area contributed by atoms with Gasteiger partial charge in [-0.05, 0) is 62.6 Å². The van der Waals surface area contributed by atoms with Gasteiger partial charge in [0.05, 0.1) is 18.7 Å². The SMILES string of the molecule is CCOC(=O)C1=C(C)N(Cc2ccc(C(=O)N[C@H](C)CC)cc2)C(=O)C[C@H]1c1ccc(F)cc1. The summed E-state index contributed by atoms with van der Waals surface area (Å²) in [4.78, 5) is 39.9. The number of carbonyl (C=O) groups excluding carboxylic acids is 3. The van der Waals surface area contributed by atoms with Crippen LogP contribution in [0.2, 0.25) is 0 Å². The van der Waals surface area contributed by atoms with Crippen LogP contribution >= 0.6 is 0 Å². The Kier molecular flexibility index (Phi) is 8.21. The molecule has 2 aromatic carbocycles. The summed E-state index contributed by atoms with van der Waals surface area (Å²) in [6.07, 6.45) is 0.917. The predicted molar refractivity (Wildman–Crippen MR) is 127 cm³/mol. The molecule has 0 saturated heterocycles. The van der Waals surface area contributed by atoms with E-state index < -0.39 is 11.9 Å². The van der Waals surface area contributed by atoms with Crippen LogP contribution in [0.3, 0.4) is 0 Å². The van der Waals surface area contributed by atoms with Crippen molar-refractivity contribution in [3.05, 3.63) is 82.3 Å². The maximum absolute atomic E-state index is 13.4. The zero-order valence-electron chi connectivity index (χ0n) is 20.1. The zero-order chi connectivity index (χ0) is 24.8. The number of allylic oxidation sites excluding steroid dienone is 1. The lowest BCUT2D eigenvalue weighted by molar-refractivity contribution is -0.140. The zero-order valence-corrected chi connectivity index (χ0v) is 20.1. The topological polar surface area (TPSA) is 75.7 Å². The normalized spacial score (nSPS) is 16.9. The first kappa shape index (κ1) is 25.1. The number of carbonyl (C=O) groups is 3. The molecule has 3 rings (SSSR count). The smallest absolute Gasteiger partial charge is 0.336 e. The molecule has 2 amide bonds. The second-order valence-corrected chi connectivity index (χ2v) is 8.49. The van der Waals surface area contributed by atoms with Crippen molar-refractivity contribution in [2.45, 2.75) is 59.0 Å². The first-order valence-electron chi connectivity index (χ1n) is 11.6. The molecule has 2 atom stereocenters. The van der Waals surface area contributed by atoms with E-state index in [1.807, 2.05) is 26.0 Å². The van der Waals surface area contributed by atoms with Gasteiger partial charge in [-0.1, -0.05) is 31.2 Å². The van der Waals surface area contributed by atoms with Gasteiger partial charge in [-0.2, -0.15) is 0 Å². The van der Waals surface area contributed by atoms with Crippen molar-refractivity contribution in [3.63, 3.8) is 0 Å². The summed E-state index contributed by atoms with van der Waals surface area (Å²) in [5.74, 6) is -1.65. The van der Waals surface area contributed by atoms with Crippen LogP contribution < -0.4 is 5.32 Å². The Hall–Kier alpha value is -3.48. The van der Waals surface area contributed by atoms with Gasteiger partial charge in [0.25, 0.3) is 5.91 Å². The van der Waals surface area contributed by atoms with Crippen molar-refractivity contribution >= 4 is 17.8 Å². The molecule has 0 fully saturated rings. The van der Waals surface area contributed by atoms with Crippen LogP contribution in [0.25, 0.3) is 0 Å². The molecule has 1 aliphatic rings. The minimum absolute atomic E-state index is 0.0759. The number of rotatable bonds is 8. The van der Waals surface area contributed by atoms with Crippen LogP contribution in [0.1, 0.15) is 67.9 Å². The fourth-order valence-corrected chi connectivity index (χ4v) is 4.01. The number of hydrogen-bond acceptors (Lipinski definition) is 4. The number of nitrogens with zero attached hydrogens (tertiary/aromatic N) is 1. The third kappa shape index (κ3) is 5.71. The van der Waals surface area contributed by atoms with Gasteiger partial charge in [-0.15, -0.1) is 0 Å². The molecule has 0 unspecified atom stereocenters. The first-order valence-corrected chi connectivity index (χ1v) is 11.6. The van der Waals surface area contributed by atoms with E-state index in [9.17, 15) is 18.8 Å². The van der Waals surface area contributed by atoms with Gasteiger partial charge in [0.2, 0.25) is 5.91 Å². The summed E-state index contributed by atoms with van der Waals surface area (Å²) >= 11 is 0. The molecule has 1 aliphatic heterocycles. The summed E-state index contributed by atoms with van der Waals surface area (Å²) in [5.41, 5.74) is 2.98. The van der Waals surface area contributed by atoms with Gasteiger partial charge in [-0.3, -0.25) is 9.59 Å². The number of nitrogens with one attached hydrogen (secondary N) is 1. The van der Waals surface area contributed by atoms with Crippen LogP contribution in [0.4, 0.5) is 4.39 Å². The Morgan fingerprint density at radius 2 is 1.76 bits per heavy atom. The van der Waals surface area contributed by atoms with Gasteiger partial charge >= 0.3 is 5.97 Å². The second-order valence-electron chi connectivity index (χ2n) is 8.49. The number of benzene rings is 2. The van der Waals surface area contributed by atoms with Gasteiger partial charge in [0.1, 0.15) is 5.82 Å². The third-order valence-corrected chi connectivity index (χ3v) is 6.14. The number of ether oxygens (including phenoxy) is 1. The predicted octanol–water partition coefficient (Wildman–Crippen LogP) is 4.71. The molecule has 0 spiro atoms. The molecule has 0 radical (unpaired) electrons. The molecular weight excluding hydrogens is 435 g/mol. The maximum Gasteiger partial charge on any atom is 0.336 e. The Labute approximate surface area is 199 Å². The van der Waals surface area contributed by atoms with E-state index in [-0.39, 0.29) is 43.2 Å². The fourth-order valence-electron chi connectivity index (χ4n) is 4.01. The highest BCUT2D eigenvalue weighted by Gasteiger charge is 2.36. The fraction of sp³-hybridized carbons (Fsp3) is 0.370. The molecule has 6 nitrogen and oxygen atoms in total. The molecule has 2 aromatic rings. The van der Waals surface area contributed by atoms with Crippen LogP contribution in [-0.2, 0) is 20.9 Å². The van der Waals surface area contributed by atoms with Crippen LogP contribution in [0, 0.1) is 5.82 Å². The standard InChI is InChI=1S/C27H31FN2O4/c1-5-17(3)29-26(32)21-9-7-19(8-10-21)16-30-18(4)25(27(33)34-6-2)23(15-24(30)31)20-11-13-22(28)14-12-20/h7-14,17,23H,5-6,15-16H2,1-4H3,(H,29,32)/t17-,23+/m1/s1. The average molecular weight is 467 g/mol. The van der Waals surface area contributed by atoms with Crippen molar-refractivity contribution in [3.8, 4) is 0 Å². The maximum atomic E-state index is 13.4. The largest absolute Gasteiger partial charge is 0.463 e. The molecule has 0 aromatic heterocycles. The molecule has 0 saturated carbocycles. The number of halogens is 1. The van der Waals surface area contributed by atoms with Gasteiger partial charge in [0.15, 0.2) is 0 Å². The first-order chi connectivity index (χ1) is 16.2. The van der Waals surface area contributed by atoms with E-state index in [4.69, 9.17) is 4.74 Å². The van der Waals surface area contributed by atoms with E-state index in [1.165, 1.54) is 12.1 Å². The number of amides is 2. The van der Waals surface area contributed by atoms with Crippen molar-refractivity contribution in [2.75, 3.05) is 6.61 Å². The van der Waals surface area contributed by atoms with E-state index in [2.05, 4.69) is 5.32 Å². The lowest BCUT2D eigenvalue weighted by Crippen LogP contribution is -2.38. The van der Waals surface area contributed by atoms with Crippen molar-refractivity contribution < 1.29 is 23.5 Å². The Morgan fingerprint density at radius 3 is 2.35 bits per heavy atom. The summed E-state index contributed by atoms with van der Waals surface area (Å²) in [7, 11) is 0. The molecular formula is C27H31FN2O4. The van der Waals surface area contributed by atoms with Gasteiger partial charge in [0, 0.05) is 29.6 Å².